The molecule has 0 fully saturated rings. The second kappa shape index (κ2) is 11.6. The Labute approximate surface area is 226 Å². The van der Waals surface area contributed by atoms with Crippen LogP contribution in [-0.4, -0.2) is 69.7 Å². The molecule has 4 rings (SSSR count). The first kappa shape index (κ1) is 27.1. The summed E-state index contributed by atoms with van der Waals surface area (Å²) in [6, 6.07) is 10.4. The number of aromatic nitrogens is 4. The van der Waals surface area contributed by atoms with Crippen LogP contribution in [-0.2, 0) is 7.05 Å². The second-order valence-corrected chi connectivity index (χ2v) is 9.20. The van der Waals surface area contributed by atoms with Crippen molar-refractivity contribution in [3.63, 3.8) is 0 Å². The van der Waals surface area contributed by atoms with E-state index in [9.17, 15) is 10.1 Å². The maximum Gasteiger partial charge on any atom is 0.294 e. The van der Waals surface area contributed by atoms with Gasteiger partial charge >= 0.3 is 0 Å². The van der Waals surface area contributed by atoms with Crippen LogP contribution in [0.15, 0.2) is 42.6 Å². The smallest absolute Gasteiger partial charge is 0.294 e. The number of nitro groups is 1. The normalized spacial score (nSPS) is 11.2. The molecule has 200 valence electrons. The molecular weight excluding hydrogens is 508 g/mol. The van der Waals surface area contributed by atoms with E-state index in [-0.39, 0.29) is 11.6 Å². The molecule has 0 aliphatic rings. The summed E-state index contributed by atoms with van der Waals surface area (Å²) in [5.41, 5.74) is 3.06. The van der Waals surface area contributed by atoms with Gasteiger partial charge in [0.25, 0.3) is 5.69 Å². The number of ether oxygens (including phenoxy) is 1. The van der Waals surface area contributed by atoms with Crippen molar-refractivity contribution >= 4 is 45.6 Å². The van der Waals surface area contributed by atoms with E-state index in [0.29, 0.717) is 40.2 Å². The number of halogens is 1. The molecule has 2 aromatic heterocycles. The highest BCUT2D eigenvalue weighted by Gasteiger charge is 2.23. The van der Waals surface area contributed by atoms with Crippen molar-refractivity contribution in [2.75, 3.05) is 50.6 Å². The zero-order valence-electron chi connectivity index (χ0n) is 22.1. The van der Waals surface area contributed by atoms with Crippen molar-refractivity contribution in [3.8, 4) is 17.3 Å². The number of anilines is 3. The maximum atomic E-state index is 12.0. The van der Waals surface area contributed by atoms with E-state index in [2.05, 4.69) is 39.0 Å². The maximum absolute atomic E-state index is 12.0. The van der Waals surface area contributed by atoms with E-state index in [0.717, 1.165) is 30.7 Å². The monoisotopic (exact) mass is 538 g/mol. The molecule has 0 aliphatic heterocycles. The van der Waals surface area contributed by atoms with Gasteiger partial charge in [0.1, 0.15) is 17.1 Å². The van der Waals surface area contributed by atoms with E-state index >= 15 is 0 Å². The van der Waals surface area contributed by atoms with Crippen LogP contribution >= 0.6 is 11.6 Å². The molecule has 2 heterocycles. The first-order chi connectivity index (χ1) is 18.2. The topological polar surface area (TPSA) is 114 Å². The number of nitro benzene ring substituents is 1. The number of fused-ring (bicyclic) bond motifs is 1. The molecule has 0 atom stereocenters. The lowest BCUT2D eigenvalue weighted by Crippen LogP contribution is -2.33. The van der Waals surface area contributed by atoms with E-state index in [4.69, 9.17) is 16.3 Å². The summed E-state index contributed by atoms with van der Waals surface area (Å²) in [6.45, 7) is 7.45. The summed E-state index contributed by atoms with van der Waals surface area (Å²) < 4.78 is 7.51. The zero-order valence-corrected chi connectivity index (χ0v) is 22.9. The molecule has 0 unspecified atom stereocenters. The summed E-state index contributed by atoms with van der Waals surface area (Å²) in [6.07, 6.45) is 1.60. The first-order valence-electron chi connectivity index (χ1n) is 12.3. The molecule has 0 amide bonds. The van der Waals surface area contributed by atoms with Crippen LogP contribution in [0.4, 0.5) is 23.0 Å². The molecule has 0 spiro atoms. The molecular formula is C26H31ClN8O3. The fraction of sp³-hybridized carbons (Fsp3) is 0.346. The third-order valence-electron chi connectivity index (χ3n) is 6.52. The molecule has 0 bridgehead atoms. The number of hydrogen-bond donors (Lipinski definition) is 1. The highest BCUT2D eigenvalue weighted by atomic mass is 35.5. The molecule has 0 aliphatic carbocycles. The number of methoxy groups -OCH3 is 1. The minimum absolute atomic E-state index is 0.0428. The van der Waals surface area contributed by atoms with Gasteiger partial charge in [0.05, 0.1) is 28.8 Å². The number of hydrogen-bond acceptors (Lipinski definition) is 9. The van der Waals surface area contributed by atoms with Crippen LogP contribution in [0.3, 0.4) is 0 Å². The summed E-state index contributed by atoms with van der Waals surface area (Å²) in [5.74, 6) is 1.32. The standard InChI is InChI=1S/C26H31ClN8O3/c1-6-34(7-2)13-12-32(3)22-16-24(38-5)20(15-23(22)35(36)37)31-26-28-11-10-18(30-26)25-29-19-14-17(27)8-9-21(19)33(25)4/h8-11,14-16H,6-7,12-13H2,1-5H3,(H,28,30,31). The molecule has 4 aromatic rings. The fourth-order valence-electron chi connectivity index (χ4n) is 4.29. The molecule has 0 radical (unpaired) electrons. The summed E-state index contributed by atoms with van der Waals surface area (Å²) >= 11 is 6.13. The van der Waals surface area contributed by atoms with Crippen LogP contribution in [0.2, 0.25) is 5.02 Å². The molecule has 38 heavy (non-hydrogen) atoms. The van der Waals surface area contributed by atoms with Gasteiger partial charge < -0.3 is 24.4 Å². The third kappa shape index (κ3) is 5.63. The van der Waals surface area contributed by atoms with Gasteiger partial charge in [0.15, 0.2) is 5.82 Å². The van der Waals surface area contributed by atoms with Crippen molar-refractivity contribution in [3.05, 3.63) is 57.7 Å². The number of aryl methyl sites for hydroxylation is 1. The van der Waals surface area contributed by atoms with Crippen molar-refractivity contribution in [2.24, 2.45) is 7.05 Å². The Morgan fingerprint density at radius 1 is 1.13 bits per heavy atom. The van der Waals surface area contributed by atoms with Crippen LogP contribution in [0.25, 0.3) is 22.6 Å². The molecule has 11 nitrogen and oxygen atoms in total. The SMILES string of the molecule is CCN(CC)CCN(C)c1cc(OC)c(Nc2nccc(-c3nc4cc(Cl)ccc4n3C)n2)cc1[N+](=O)[O-]. The largest absolute Gasteiger partial charge is 0.494 e. The Balaban J connectivity index is 1.66. The Kier molecular flexibility index (Phi) is 8.28. The van der Waals surface area contributed by atoms with Gasteiger partial charge in [-0.3, -0.25) is 10.1 Å². The fourth-order valence-corrected chi connectivity index (χ4v) is 4.46. The third-order valence-corrected chi connectivity index (χ3v) is 6.76. The van der Waals surface area contributed by atoms with Gasteiger partial charge in [0, 0.05) is 50.5 Å². The predicted molar refractivity (Wildman–Crippen MR) is 151 cm³/mol. The van der Waals surface area contributed by atoms with Crippen molar-refractivity contribution in [1.82, 2.24) is 24.4 Å². The van der Waals surface area contributed by atoms with Crippen molar-refractivity contribution < 1.29 is 9.66 Å². The Bertz CT molecular complexity index is 1450. The minimum atomic E-state index is -0.393. The van der Waals surface area contributed by atoms with Crippen molar-refractivity contribution in [2.45, 2.75) is 13.8 Å². The van der Waals surface area contributed by atoms with E-state index < -0.39 is 4.92 Å². The van der Waals surface area contributed by atoms with E-state index in [1.54, 1.807) is 24.4 Å². The average Bonchev–Trinajstić information content (AvgIpc) is 3.24. The minimum Gasteiger partial charge on any atom is -0.494 e. The number of nitrogens with one attached hydrogen (secondary N) is 1. The number of nitrogens with zero attached hydrogens (tertiary/aromatic N) is 7. The summed E-state index contributed by atoms with van der Waals surface area (Å²) in [7, 11) is 5.26. The van der Waals surface area contributed by atoms with Crippen LogP contribution in [0.1, 0.15) is 13.8 Å². The second-order valence-electron chi connectivity index (χ2n) is 8.76. The van der Waals surface area contributed by atoms with Crippen LogP contribution in [0.5, 0.6) is 5.75 Å². The van der Waals surface area contributed by atoms with Gasteiger partial charge in [-0.05, 0) is 37.4 Å². The lowest BCUT2D eigenvalue weighted by atomic mass is 10.2. The Morgan fingerprint density at radius 3 is 2.58 bits per heavy atom. The Morgan fingerprint density at radius 2 is 1.89 bits per heavy atom. The van der Waals surface area contributed by atoms with Gasteiger partial charge in [-0.25, -0.2) is 15.0 Å². The van der Waals surface area contributed by atoms with Gasteiger partial charge in [-0.15, -0.1) is 0 Å². The lowest BCUT2D eigenvalue weighted by molar-refractivity contribution is -0.384. The zero-order chi connectivity index (χ0) is 27.4. The average molecular weight is 539 g/mol. The number of benzene rings is 2. The predicted octanol–water partition coefficient (Wildman–Crippen LogP) is 5.12. The summed E-state index contributed by atoms with van der Waals surface area (Å²) in [5, 5.41) is 15.7. The first-order valence-corrected chi connectivity index (χ1v) is 12.7. The number of rotatable bonds is 11. The molecule has 0 saturated heterocycles. The van der Waals surface area contributed by atoms with Crippen LogP contribution in [0, 0.1) is 10.1 Å². The number of likely N-dealkylation sites (N-methyl/N-ethyl adjacent to an activating group) is 2. The van der Waals surface area contributed by atoms with Gasteiger partial charge in [-0.1, -0.05) is 25.4 Å². The van der Waals surface area contributed by atoms with Gasteiger partial charge in [-0.2, -0.15) is 0 Å². The van der Waals surface area contributed by atoms with Crippen LogP contribution < -0.4 is 15.0 Å². The van der Waals surface area contributed by atoms with Gasteiger partial charge in [0.2, 0.25) is 5.95 Å². The molecule has 1 N–H and O–H groups in total. The quantitative estimate of drug-likeness (QED) is 0.205. The molecule has 12 heteroatoms. The highest BCUT2D eigenvalue weighted by Crippen LogP contribution is 2.39. The highest BCUT2D eigenvalue weighted by molar-refractivity contribution is 6.31. The molecule has 0 saturated carbocycles. The molecule has 2 aromatic carbocycles. The number of imidazole rings is 1. The summed E-state index contributed by atoms with van der Waals surface area (Å²) in [4.78, 5) is 29.4. The Hall–Kier alpha value is -3.96. The van der Waals surface area contributed by atoms with E-state index in [1.807, 2.05) is 35.7 Å². The van der Waals surface area contributed by atoms with E-state index in [1.165, 1.54) is 13.2 Å². The lowest BCUT2D eigenvalue weighted by Gasteiger charge is -2.25. The van der Waals surface area contributed by atoms with Crippen molar-refractivity contribution in [1.29, 1.82) is 0 Å².